The molecule has 1 fully saturated rings. The van der Waals surface area contributed by atoms with Gasteiger partial charge in [0, 0.05) is 36.8 Å². The maximum absolute atomic E-state index is 11.8. The number of nitro groups is 1. The Balaban J connectivity index is 2.09. The first kappa shape index (κ1) is 18.9. The fourth-order valence-corrected chi connectivity index (χ4v) is 3.86. The summed E-state index contributed by atoms with van der Waals surface area (Å²) in [7, 11) is 0. The molecular weight excluding hydrogens is 346 g/mol. The highest BCUT2D eigenvalue weighted by molar-refractivity contribution is 6.00. The second-order valence-corrected chi connectivity index (χ2v) is 8.29. The number of hydrogen-bond acceptors (Lipinski definition) is 4. The highest BCUT2D eigenvalue weighted by atomic mass is 16.6. The molecule has 3 rings (SSSR count). The third-order valence-corrected chi connectivity index (χ3v) is 5.95. The summed E-state index contributed by atoms with van der Waals surface area (Å²) in [5, 5.41) is 22.5. The first-order valence-electron chi connectivity index (χ1n) is 8.98. The molecule has 0 saturated carbocycles. The van der Waals surface area contributed by atoms with E-state index in [4.69, 9.17) is 0 Å². The van der Waals surface area contributed by atoms with Gasteiger partial charge in [0.05, 0.1) is 15.8 Å². The van der Waals surface area contributed by atoms with E-state index in [1.54, 1.807) is 18.2 Å². The number of carbonyl (C=O) groups is 1. The lowest BCUT2D eigenvalue weighted by molar-refractivity contribution is -0.383. The number of nitro benzene ring substituents is 1. The summed E-state index contributed by atoms with van der Waals surface area (Å²) >= 11 is 0. The van der Waals surface area contributed by atoms with E-state index in [-0.39, 0.29) is 16.0 Å². The number of piperazine rings is 1. The highest BCUT2D eigenvalue weighted by Crippen LogP contribution is 2.41. The van der Waals surface area contributed by atoms with Crippen molar-refractivity contribution in [2.24, 2.45) is 5.41 Å². The van der Waals surface area contributed by atoms with Crippen LogP contribution in [0.4, 0.5) is 16.2 Å². The van der Waals surface area contributed by atoms with Gasteiger partial charge in [0.25, 0.3) is 5.69 Å². The number of benzene rings is 2. The molecule has 0 bridgehead atoms. The van der Waals surface area contributed by atoms with Crippen molar-refractivity contribution in [2.75, 3.05) is 24.5 Å². The van der Waals surface area contributed by atoms with Crippen LogP contribution in [0.5, 0.6) is 0 Å². The van der Waals surface area contributed by atoms with Crippen LogP contribution in [-0.4, -0.2) is 46.2 Å². The number of rotatable bonds is 2. The summed E-state index contributed by atoms with van der Waals surface area (Å²) in [5.74, 6) is 0. The molecule has 1 unspecified atom stereocenters. The Hall–Kier alpha value is -2.83. The van der Waals surface area contributed by atoms with Gasteiger partial charge >= 0.3 is 6.09 Å². The normalized spacial score (nSPS) is 20.7. The Morgan fingerprint density at radius 2 is 1.78 bits per heavy atom. The molecule has 27 heavy (non-hydrogen) atoms. The summed E-state index contributed by atoms with van der Waals surface area (Å²) in [4.78, 5) is 26.5. The summed E-state index contributed by atoms with van der Waals surface area (Å²) in [6, 6.07) is 10.6. The van der Waals surface area contributed by atoms with E-state index in [2.05, 4.69) is 4.90 Å². The number of hydrogen-bond donors (Lipinski definition) is 1. The Kier molecular flexibility index (Phi) is 4.49. The fourth-order valence-electron chi connectivity index (χ4n) is 3.86. The van der Waals surface area contributed by atoms with E-state index in [1.807, 2.05) is 39.8 Å². The summed E-state index contributed by atoms with van der Waals surface area (Å²) in [6.07, 6.45) is -0.916. The number of nitrogens with zero attached hydrogens (tertiary/aromatic N) is 3. The number of anilines is 1. The van der Waals surface area contributed by atoms with Crippen molar-refractivity contribution in [1.82, 2.24) is 4.90 Å². The van der Waals surface area contributed by atoms with E-state index < -0.39 is 11.6 Å². The lowest BCUT2D eigenvalue weighted by Crippen LogP contribution is -2.67. The molecule has 7 nitrogen and oxygen atoms in total. The monoisotopic (exact) mass is 371 g/mol. The molecule has 144 valence electrons. The summed E-state index contributed by atoms with van der Waals surface area (Å²) < 4.78 is 0. The van der Waals surface area contributed by atoms with Crippen molar-refractivity contribution >= 4 is 28.2 Å². The van der Waals surface area contributed by atoms with Crippen LogP contribution in [0.1, 0.15) is 27.7 Å². The quantitative estimate of drug-likeness (QED) is 0.626. The molecule has 7 heteroatoms. The molecule has 1 aliphatic heterocycles. The van der Waals surface area contributed by atoms with Crippen LogP contribution in [0.3, 0.4) is 0 Å². The van der Waals surface area contributed by atoms with Gasteiger partial charge < -0.3 is 10.0 Å². The smallest absolute Gasteiger partial charge is 0.407 e. The fraction of sp³-hybridized carbons (Fsp3) is 0.450. The molecule has 1 amide bonds. The Bertz CT molecular complexity index is 906. The molecule has 0 aliphatic carbocycles. The molecule has 1 heterocycles. The minimum absolute atomic E-state index is 0.0807. The lowest BCUT2D eigenvalue weighted by atomic mass is 9.72. The zero-order chi connectivity index (χ0) is 20.0. The zero-order valence-electron chi connectivity index (χ0n) is 16.1. The van der Waals surface area contributed by atoms with E-state index >= 15 is 0 Å². The van der Waals surface area contributed by atoms with Crippen LogP contribution >= 0.6 is 0 Å². The van der Waals surface area contributed by atoms with Crippen molar-refractivity contribution in [1.29, 1.82) is 0 Å². The van der Waals surface area contributed by atoms with E-state index in [0.29, 0.717) is 25.0 Å². The second kappa shape index (κ2) is 6.40. The van der Waals surface area contributed by atoms with Crippen LogP contribution in [0, 0.1) is 15.5 Å². The Morgan fingerprint density at radius 3 is 2.33 bits per heavy atom. The molecule has 2 aromatic carbocycles. The molecule has 2 aromatic rings. The standard InChI is InChI=1S/C20H25N3O4/c1-19(2,3)20(4)13-21(11-12-22(20)18(24)25)16-9-10-17(23(26)27)15-8-6-5-7-14(15)16/h5-10H,11-13H2,1-4H3,(H,24,25). The molecule has 1 saturated heterocycles. The molecule has 1 atom stereocenters. The minimum atomic E-state index is -0.916. The molecule has 0 spiro atoms. The van der Waals surface area contributed by atoms with Crippen LogP contribution in [0.25, 0.3) is 10.8 Å². The number of amides is 1. The topological polar surface area (TPSA) is 86.9 Å². The van der Waals surface area contributed by atoms with E-state index in [0.717, 1.165) is 11.1 Å². The lowest BCUT2D eigenvalue weighted by Gasteiger charge is -2.55. The van der Waals surface area contributed by atoms with Gasteiger partial charge in [-0.3, -0.25) is 15.0 Å². The van der Waals surface area contributed by atoms with Crippen molar-refractivity contribution in [3.8, 4) is 0 Å². The average Bonchev–Trinajstić information content (AvgIpc) is 2.59. The van der Waals surface area contributed by atoms with Crippen molar-refractivity contribution in [3.63, 3.8) is 0 Å². The second-order valence-electron chi connectivity index (χ2n) is 8.29. The first-order chi connectivity index (χ1) is 12.6. The van der Waals surface area contributed by atoms with Gasteiger partial charge in [-0.25, -0.2) is 4.79 Å². The van der Waals surface area contributed by atoms with Crippen LogP contribution in [0.2, 0.25) is 0 Å². The minimum Gasteiger partial charge on any atom is -0.465 e. The van der Waals surface area contributed by atoms with E-state index in [1.165, 1.54) is 11.0 Å². The van der Waals surface area contributed by atoms with Gasteiger partial charge in [0.1, 0.15) is 0 Å². The number of non-ortho nitro benzene ring substituents is 1. The maximum Gasteiger partial charge on any atom is 0.407 e. The molecule has 0 radical (unpaired) electrons. The van der Waals surface area contributed by atoms with Crippen molar-refractivity contribution in [3.05, 3.63) is 46.5 Å². The van der Waals surface area contributed by atoms with Crippen LogP contribution in [0.15, 0.2) is 36.4 Å². The van der Waals surface area contributed by atoms with Gasteiger partial charge in [0.15, 0.2) is 0 Å². The van der Waals surface area contributed by atoms with Gasteiger partial charge in [-0.15, -0.1) is 0 Å². The predicted octanol–water partition coefficient (Wildman–Crippen LogP) is 4.35. The molecule has 1 N–H and O–H groups in total. The maximum atomic E-state index is 11.8. The molecular formula is C20H25N3O4. The van der Waals surface area contributed by atoms with E-state index in [9.17, 15) is 20.0 Å². The highest BCUT2D eigenvalue weighted by Gasteiger charge is 2.48. The Labute approximate surface area is 158 Å². The number of carboxylic acid groups (broad SMARTS) is 1. The number of fused-ring (bicyclic) bond motifs is 1. The molecule has 0 aromatic heterocycles. The van der Waals surface area contributed by atoms with Crippen molar-refractivity contribution < 1.29 is 14.8 Å². The summed E-state index contributed by atoms with van der Waals surface area (Å²) in [6.45, 7) is 9.54. The SMILES string of the molecule is CC(C)(C)C1(C)CN(c2ccc([N+](=O)[O-])c3ccccc23)CCN1C(=O)O. The predicted molar refractivity (Wildman–Crippen MR) is 105 cm³/mol. The zero-order valence-corrected chi connectivity index (χ0v) is 16.1. The molecule has 1 aliphatic rings. The third kappa shape index (κ3) is 3.07. The Morgan fingerprint density at radius 1 is 1.15 bits per heavy atom. The largest absolute Gasteiger partial charge is 0.465 e. The van der Waals surface area contributed by atoms with Crippen LogP contribution < -0.4 is 4.90 Å². The first-order valence-corrected chi connectivity index (χ1v) is 8.98. The summed E-state index contributed by atoms with van der Waals surface area (Å²) in [5.41, 5.74) is 0.106. The van der Waals surface area contributed by atoms with Gasteiger partial charge in [-0.05, 0) is 24.5 Å². The van der Waals surface area contributed by atoms with Crippen molar-refractivity contribution in [2.45, 2.75) is 33.2 Å². The van der Waals surface area contributed by atoms with Gasteiger partial charge in [0.2, 0.25) is 0 Å². The van der Waals surface area contributed by atoms with Gasteiger partial charge in [-0.2, -0.15) is 0 Å². The van der Waals surface area contributed by atoms with Gasteiger partial charge in [-0.1, -0.05) is 39.0 Å². The third-order valence-electron chi connectivity index (χ3n) is 5.95. The average molecular weight is 371 g/mol. The van der Waals surface area contributed by atoms with Crippen LogP contribution in [-0.2, 0) is 0 Å².